The molecule has 0 aliphatic carbocycles. The number of H-pyrrole nitrogens is 2. The van der Waals surface area contributed by atoms with E-state index in [1.807, 2.05) is 0 Å². The van der Waals surface area contributed by atoms with Gasteiger partial charge in [-0.1, -0.05) is 0 Å². The molecule has 0 bridgehead atoms. The van der Waals surface area contributed by atoms with E-state index < -0.39 is 0 Å². The molecular formula is C8H12N6S2. The van der Waals surface area contributed by atoms with Gasteiger partial charge in [-0.2, -0.15) is 0 Å². The molecule has 0 saturated carbocycles. The highest BCUT2D eigenvalue weighted by Crippen LogP contribution is 2.05. The molecule has 0 aliphatic heterocycles. The molecular weight excluding hydrogens is 244 g/mol. The minimum atomic E-state index is 0.560. The van der Waals surface area contributed by atoms with Crippen LogP contribution in [0.3, 0.4) is 0 Å². The molecule has 2 aromatic rings. The molecule has 0 spiro atoms. The summed E-state index contributed by atoms with van der Waals surface area (Å²) in [6, 6.07) is 0. The van der Waals surface area contributed by atoms with Crippen LogP contribution in [0.2, 0.25) is 0 Å². The number of rotatable bonds is 5. The third kappa shape index (κ3) is 3.24. The van der Waals surface area contributed by atoms with E-state index >= 15 is 0 Å². The van der Waals surface area contributed by atoms with Crippen molar-refractivity contribution >= 4 is 25.3 Å². The van der Waals surface area contributed by atoms with Crippen molar-refractivity contribution in [2.24, 2.45) is 0 Å². The van der Waals surface area contributed by atoms with Crippen LogP contribution in [-0.4, -0.2) is 30.4 Å². The highest BCUT2D eigenvalue weighted by atomic mass is 32.1. The van der Waals surface area contributed by atoms with Gasteiger partial charge >= 0.3 is 0 Å². The lowest BCUT2D eigenvalue weighted by molar-refractivity contribution is 0.689. The van der Waals surface area contributed by atoms with Crippen LogP contribution in [0.4, 0.5) is 0 Å². The Labute approximate surface area is 103 Å². The number of aromatic amines is 2. The number of thiol groups is 2. The predicted octanol–water partition coefficient (Wildman–Crippen LogP) is 1.07. The summed E-state index contributed by atoms with van der Waals surface area (Å²) < 4.78 is 0. The fourth-order valence-corrected chi connectivity index (χ4v) is 1.73. The largest absolute Gasteiger partial charge is 0.320 e. The van der Waals surface area contributed by atoms with Crippen LogP contribution < -0.4 is 0 Å². The summed E-state index contributed by atoms with van der Waals surface area (Å²) in [5.41, 5.74) is 0. The quantitative estimate of drug-likeness (QED) is 0.476. The summed E-state index contributed by atoms with van der Waals surface area (Å²) >= 11 is 8.10. The van der Waals surface area contributed by atoms with Crippen LogP contribution in [0.1, 0.15) is 24.5 Å². The monoisotopic (exact) mass is 256 g/mol. The minimum Gasteiger partial charge on any atom is -0.320 e. The Bertz CT molecular complexity index is 409. The molecule has 0 aromatic carbocycles. The highest BCUT2D eigenvalue weighted by Gasteiger charge is 2.02. The normalized spacial score (nSPS) is 10.9. The molecule has 0 aliphatic rings. The average Bonchev–Trinajstić information content (AvgIpc) is 2.83. The second-order valence-corrected chi connectivity index (χ2v) is 4.24. The smallest absolute Gasteiger partial charge is 0.185 e. The van der Waals surface area contributed by atoms with Crippen molar-refractivity contribution < 1.29 is 0 Å². The minimum absolute atomic E-state index is 0.560. The van der Waals surface area contributed by atoms with E-state index in [1.165, 1.54) is 0 Å². The van der Waals surface area contributed by atoms with E-state index in [1.54, 1.807) is 0 Å². The SMILES string of the molecule is Sc1nnc(CCCCc2nnc(S)[nH]2)[nH]1. The van der Waals surface area contributed by atoms with Crippen LogP contribution in [0, 0.1) is 0 Å². The van der Waals surface area contributed by atoms with E-state index in [9.17, 15) is 0 Å². The zero-order chi connectivity index (χ0) is 11.4. The first-order chi connectivity index (χ1) is 7.74. The van der Waals surface area contributed by atoms with Crippen LogP contribution in [0.25, 0.3) is 0 Å². The topological polar surface area (TPSA) is 83.1 Å². The molecule has 0 saturated heterocycles. The summed E-state index contributed by atoms with van der Waals surface area (Å²) in [7, 11) is 0. The summed E-state index contributed by atoms with van der Waals surface area (Å²) in [4.78, 5) is 5.95. The molecule has 2 N–H and O–H groups in total. The summed E-state index contributed by atoms with van der Waals surface area (Å²) in [5, 5.41) is 16.5. The van der Waals surface area contributed by atoms with Gasteiger partial charge < -0.3 is 9.97 Å². The molecule has 2 rings (SSSR count). The van der Waals surface area contributed by atoms with Crippen LogP contribution in [0.5, 0.6) is 0 Å². The molecule has 2 heterocycles. The molecule has 16 heavy (non-hydrogen) atoms. The average molecular weight is 256 g/mol. The number of hydrogen-bond donors (Lipinski definition) is 4. The van der Waals surface area contributed by atoms with Gasteiger partial charge in [0.2, 0.25) is 0 Å². The Morgan fingerprint density at radius 2 is 1.19 bits per heavy atom. The number of unbranched alkanes of at least 4 members (excludes halogenated alkanes) is 1. The fraction of sp³-hybridized carbons (Fsp3) is 0.500. The van der Waals surface area contributed by atoms with E-state index in [2.05, 4.69) is 55.6 Å². The fourth-order valence-electron chi connectivity index (χ4n) is 1.38. The maximum atomic E-state index is 4.05. The Kier molecular flexibility index (Phi) is 3.83. The molecule has 8 heteroatoms. The van der Waals surface area contributed by atoms with Crippen molar-refractivity contribution in [2.45, 2.75) is 36.0 Å². The second-order valence-electron chi connectivity index (χ2n) is 3.40. The number of nitrogens with one attached hydrogen (secondary N) is 2. The van der Waals surface area contributed by atoms with Crippen molar-refractivity contribution in [2.75, 3.05) is 0 Å². The molecule has 6 nitrogen and oxygen atoms in total. The Hall–Kier alpha value is -1.02. The first-order valence-electron chi connectivity index (χ1n) is 4.95. The predicted molar refractivity (Wildman–Crippen MR) is 63.9 cm³/mol. The Morgan fingerprint density at radius 1 is 0.750 bits per heavy atom. The third-order valence-corrected chi connectivity index (χ3v) is 2.52. The van der Waals surface area contributed by atoms with Gasteiger partial charge in [-0.25, -0.2) is 0 Å². The molecule has 86 valence electrons. The maximum absolute atomic E-state index is 4.05. The van der Waals surface area contributed by atoms with Crippen molar-refractivity contribution in [3.63, 3.8) is 0 Å². The molecule has 0 atom stereocenters. The van der Waals surface area contributed by atoms with Crippen LogP contribution >= 0.6 is 25.3 Å². The summed E-state index contributed by atoms with van der Waals surface area (Å²) in [6.45, 7) is 0. The number of hydrogen-bond acceptors (Lipinski definition) is 6. The third-order valence-electron chi connectivity index (χ3n) is 2.12. The number of aromatic nitrogens is 6. The van der Waals surface area contributed by atoms with Crippen molar-refractivity contribution in [1.82, 2.24) is 30.4 Å². The van der Waals surface area contributed by atoms with Gasteiger partial charge in [0, 0.05) is 12.8 Å². The summed E-state index contributed by atoms with van der Waals surface area (Å²) in [6.07, 6.45) is 3.78. The van der Waals surface area contributed by atoms with Gasteiger partial charge in [0.05, 0.1) is 0 Å². The van der Waals surface area contributed by atoms with Crippen LogP contribution in [-0.2, 0) is 12.8 Å². The second kappa shape index (κ2) is 5.35. The first-order valence-corrected chi connectivity index (χ1v) is 5.84. The maximum Gasteiger partial charge on any atom is 0.185 e. The molecule has 2 aromatic heterocycles. The van der Waals surface area contributed by atoms with Crippen molar-refractivity contribution in [3.05, 3.63) is 11.6 Å². The van der Waals surface area contributed by atoms with Crippen molar-refractivity contribution in [1.29, 1.82) is 0 Å². The van der Waals surface area contributed by atoms with E-state index in [0.717, 1.165) is 37.3 Å². The van der Waals surface area contributed by atoms with Crippen molar-refractivity contribution in [3.8, 4) is 0 Å². The Morgan fingerprint density at radius 3 is 1.50 bits per heavy atom. The lowest BCUT2D eigenvalue weighted by Gasteiger charge is -1.95. The van der Waals surface area contributed by atoms with Gasteiger partial charge in [-0.05, 0) is 12.8 Å². The standard InChI is InChI=1S/C8H12N6S2/c15-7-9-5(11-13-7)3-1-2-4-6-10-8(16)14-12-6/h1-4H2,(H2,9,11,13,15)(H2,10,12,14,16). The lowest BCUT2D eigenvalue weighted by atomic mass is 10.2. The van der Waals surface area contributed by atoms with E-state index in [-0.39, 0.29) is 0 Å². The van der Waals surface area contributed by atoms with Gasteiger partial charge in [0.1, 0.15) is 11.6 Å². The van der Waals surface area contributed by atoms with Gasteiger partial charge in [0.15, 0.2) is 10.3 Å². The van der Waals surface area contributed by atoms with Gasteiger partial charge in [0.25, 0.3) is 0 Å². The Balaban J connectivity index is 1.69. The zero-order valence-electron chi connectivity index (χ0n) is 8.51. The van der Waals surface area contributed by atoms with Gasteiger partial charge in [-0.15, -0.1) is 45.7 Å². The highest BCUT2D eigenvalue weighted by molar-refractivity contribution is 7.80. The van der Waals surface area contributed by atoms with Gasteiger partial charge in [-0.3, -0.25) is 0 Å². The zero-order valence-corrected chi connectivity index (χ0v) is 10.3. The molecule has 0 radical (unpaired) electrons. The van der Waals surface area contributed by atoms with Crippen LogP contribution in [0.15, 0.2) is 10.3 Å². The first kappa shape index (κ1) is 11.5. The number of aryl methyl sites for hydroxylation is 2. The van der Waals surface area contributed by atoms with E-state index in [0.29, 0.717) is 10.3 Å². The van der Waals surface area contributed by atoms with E-state index in [4.69, 9.17) is 0 Å². The summed E-state index contributed by atoms with van der Waals surface area (Å²) in [5.74, 6) is 1.75. The molecule has 0 unspecified atom stereocenters. The molecule has 0 amide bonds. The molecule has 0 fully saturated rings. The number of nitrogens with zero attached hydrogens (tertiary/aromatic N) is 4. The lowest BCUT2D eigenvalue weighted by Crippen LogP contribution is -1.93.